The number of nitrogens with two attached hydrogens (primary N) is 2. The summed E-state index contributed by atoms with van der Waals surface area (Å²) in [6.07, 6.45) is 5.28. The molecule has 5 N–H and O–H groups in total. The van der Waals surface area contributed by atoms with Crippen molar-refractivity contribution in [3.8, 4) is 22.5 Å². The van der Waals surface area contributed by atoms with Crippen molar-refractivity contribution in [3.63, 3.8) is 0 Å². The number of halogens is 1. The standard InChI is InChI=1S/C31H37N9O2.ClH/c1-39(2)28-16-13-25(19-34-28)22-7-3-20(4-8-22)17-27(33)31(42)40(30(41)24-9-5-21(18-32)6-10-24)26-14-11-23(12-15-26)29-35-37-38-36-29;/h3-4,7-8,11-16,19,21,24,27H,5-6,9-10,17-18,32-33H2,1-2H3,(H,35,36,37,38);1H/t21?,24?,27-;/m0./s1. The number of imide groups is 1. The summed E-state index contributed by atoms with van der Waals surface area (Å²) >= 11 is 0. The van der Waals surface area contributed by atoms with Gasteiger partial charge in [0.25, 0.3) is 5.91 Å². The Hall–Kier alpha value is -4.19. The molecule has 12 heteroatoms. The number of carbonyl (C=O) groups excluding carboxylic acids is 2. The highest BCUT2D eigenvalue weighted by Gasteiger charge is 2.35. The first-order chi connectivity index (χ1) is 20.3. The Morgan fingerprint density at radius 3 is 2.14 bits per heavy atom. The summed E-state index contributed by atoms with van der Waals surface area (Å²) in [4.78, 5) is 35.4. The van der Waals surface area contributed by atoms with Crippen LogP contribution >= 0.6 is 12.4 Å². The molecule has 0 unspecified atom stereocenters. The van der Waals surface area contributed by atoms with Gasteiger partial charge >= 0.3 is 0 Å². The van der Waals surface area contributed by atoms with E-state index < -0.39 is 11.9 Å². The predicted molar refractivity (Wildman–Crippen MR) is 170 cm³/mol. The van der Waals surface area contributed by atoms with Gasteiger partial charge in [0.15, 0.2) is 0 Å². The molecule has 2 amide bonds. The number of carbonyl (C=O) groups is 2. The lowest BCUT2D eigenvalue weighted by molar-refractivity contribution is -0.130. The Bertz CT molecular complexity index is 1470. The summed E-state index contributed by atoms with van der Waals surface area (Å²) in [7, 11) is 3.90. The van der Waals surface area contributed by atoms with Crippen LogP contribution in [0.3, 0.4) is 0 Å². The monoisotopic (exact) mass is 603 g/mol. The number of hydrogen-bond acceptors (Lipinski definition) is 9. The Morgan fingerprint density at radius 1 is 0.930 bits per heavy atom. The smallest absolute Gasteiger partial charge is 0.251 e. The molecule has 11 nitrogen and oxygen atoms in total. The van der Waals surface area contributed by atoms with E-state index in [4.69, 9.17) is 11.5 Å². The van der Waals surface area contributed by atoms with E-state index in [-0.39, 0.29) is 24.2 Å². The second-order valence-corrected chi connectivity index (χ2v) is 11.1. The third-order valence-electron chi connectivity index (χ3n) is 7.97. The lowest BCUT2D eigenvalue weighted by Crippen LogP contribution is -2.50. The number of benzene rings is 2. The maximum absolute atomic E-state index is 13.8. The molecule has 0 bridgehead atoms. The molecule has 4 aromatic rings. The number of hydrogen-bond donors (Lipinski definition) is 3. The molecule has 0 aliphatic heterocycles. The zero-order valence-corrected chi connectivity index (χ0v) is 25.2. The highest BCUT2D eigenvalue weighted by molar-refractivity contribution is 6.17. The Kier molecular flexibility index (Phi) is 10.6. The van der Waals surface area contributed by atoms with E-state index in [1.54, 1.807) is 24.3 Å². The summed E-state index contributed by atoms with van der Waals surface area (Å²) in [5.41, 5.74) is 16.5. The average Bonchev–Trinajstić information content (AvgIpc) is 3.57. The van der Waals surface area contributed by atoms with Gasteiger partial charge in [-0.2, -0.15) is 5.21 Å². The first-order valence-corrected chi connectivity index (χ1v) is 14.2. The van der Waals surface area contributed by atoms with Crippen LogP contribution in [0.25, 0.3) is 22.5 Å². The van der Waals surface area contributed by atoms with Crippen LogP contribution in [-0.2, 0) is 16.0 Å². The van der Waals surface area contributed by atoms with E-state index in [2.05, 4.69) is 25.6 Å². The van der Waals surface area contributed by atoms with Crippen molar-refractivity contribution in [2.24, 2.45) is 23.3 Å². The van der Waals surface area contributed by atoms with E-state index in [0.717, 1.165) is 35.3 Å². The SMILES string of the molecule is CN(C)c1ccc(-c2ccc(C[C@H](N)C(=O)N(C(=O)C3CCC(CN)CC3)c3ccc(-c4nn[nH]n4)cc3)cc2)cn1.Cl. The summed E-state index contributed by atoms with van der Waals surface area (Å²) in [5.74, 6) is 0.821. The lowest BCUT2D eigenvalue weighted by atomic mass is 9.81. The average molecular weight is 604 g/mol. The van der Waals surface area contributed by atoms with E-state index in [1.807, 2.05) is 61.6 Å². The molecule has 1 aliphatic rings. The zero-order valence-electron chi connectivity index (χ0n) is 24.4. The quantitative estimate of drug-likeness (QED) is 0.259. The predicted octanol–water partition coefficient (Wildman–Crippen LogP) is 3.61. The number of anilines is 2. The molecule has 0 radical (unpaired) electrons. The van der Waals surface area contributed by atoms with E-state index >= 15 is 0 Å². The lowest BCUT2D eigenvalue weighted by Gasteiger charge is -2.32. The normalized spacial score (nSPS) is 17.0. The molecule has 1 saturated carbocycles. The second-order valence-electron chi connectivity index (χ2n) is 11.1. The van der Waals surface area contributed by atoms with Crippen molar-refractivity contribution >= 4 is 35.7 Å². The van der Waals surface area contributed by atoms with Crippen LogP contribution in [0.15, 0.2) is 66.9 Å². The summed E-state index contributed by atoms with van der Waals surface area (Å²) in [5, 5.41) is 14.0. The van der Waals surface area contributed by atoms with E-state index in [9.17, 15) is 9.59 Å². The van der Waals surface area contributed by atoms with Gasteiger partial charge < -0.3 is 16.4 Å². The number of nitrogens with one attached hydrogen (secondary N) is 1. The van der Waals surface area contributed by atoms with Gasteiger partial charge in [-0.1, -0.05) is 24.3 Å². The number of H-pyrrole nitrogens is 1. The highest BCUT2D eigenvalue weighted by atomic mass is 35.5. The Balaban J connectivity index is 0.00000423. The van der Waals surface area contributed by atoms with Crippen LogP contribution in [-0.4, -0.2) is 64.1 Å². The number of aromatic amines is 1. The largest absolute Gasteiger partial charge is 0.363 e. The zero-order chi connectivity index (χ0) is 29.6. The molecular weight excluding hydrogens is 566 g/mol. The van der Waals surface area contributed by atoms with Gasteiger partial charge in [-0.3, -0.25) is 9.59 Å². The molecule has 2 aromatic carbocycles. The minimum Gasteiger partial charge on any atom is -0.363 e. The van der Waals surface area contributed by atoms with E-state index in [1.165, 1.54) is 4.90 Å². The van der Waals surface area contributed by atoms with Crippen molar-refractivity contribution < 1.29 is 9.59 Å². The topological polar surface area (TPSA) is 160 Å². The summed E-state index contributed by atoms with van der Waals surface area (Å²) < 4.78 is 0. The number of rotatable bonds is 9. The molecule has 43 heavy (non-hydrogen) atoms. The molecule has 0 spiro atoms. The van der Waals surface area contributed by atoms with Gasteiger partial charge in [0.2, 0.25) is 11.7 Å². The molecule has 226 valence electrons. The fraction of sp³-hybridized carbons (Fsp3) is 0.355. The Morgan fingerprint density at radius 2 is 1.58 bits per heavy atom. The highest BCUT2D eigenvalue weighted by Crippen LogP contribution is 2.32. The van der Waals surface area contributed by atoms with Crippen molar-refractivity contribution in [1.82, 2.24) is 25.6 Å². The van der Waals surface area contributed by atoms with E-state index in [0.29, 0.717) is 48.8 Å². The third-order valence-corrected chi connectivity index (χ3v) is 7.97. The molecule has 5 rings (SSSR count). The fourth-order valence-corrected chi connectivity index (χ4v) is 5.40. The molecule has 2 aromatic heterocycles. The first-order valence-electron chi connectivity index (χ1n) is 14.2. The van der Waals surface area contributed by atoms with Crippen LogP contribution < -0.4 is 21.3 Å². The molecule has 1 aliphatic carbocycles. The van der Waals surface area contributed by atoms with Gasteiger partial charge in [-0.15, -0.1) is 22.6 Å². The van der Waals surface area contributed by atoms with Gasteiger partial charge in [-0.05, 0) is 97.3 Å². The fourth-order valence-electron chi connectivity index (χ4n) is 5.40. The second kappa shape index (κ2) is 14.3. The molecule has 2 heterocycles. The van der Waals surface area contributed by atoms with Crippen LogP contribution in [0.2, 0.25) is 0 Å². The van der Waals surface area contributed by atoms with Crippen LogP contribution in [0.4, 0.5) is 11.5 Å². The summed E-state index contributed by atoms with van der Waals surface area (Å²) in [6, 6.07) is 18.0. The van der Waals surface area contributed by atoms with Gasteiger partial charge in [0, 0.05) is 37.3 Å². The number of tetrazole rings is 1. The van der Waals surface area contributed by atoms with Crippen LogP contribution in [0.5, 0.6) is 0 Å². The van der Waals surface area contributed by atoms with Crippen LogP contribution in [0, 0.1) is 11.8 Å². The van der Waals surface area contributed by atoms with Crippen LogP contribution in [0.1, 0.15) is 31.2 Å². The number of pyridine rings is 1. The van der Waals surface area contributed by atoms with Gasteiger partial charge in [0.05, 0.1) is 11.7 Å². The van der Waals surface area contributed by atoms with Gasteiger partial charge in [-0.25, -0.2) is 9.88 Å². The van der Waals surface area contributed by atoms with Crippen molar-refractivity contribution in [3.05, 3.63) is 72.4 Å². The maximum Gasteiger partial charge on any atom is 0.251 e. The molecule has 1 fully saturated rings. The summed E-state index contributed by atoms with van der Waals surface area (Å²) in [6.45, 7) is 0.614. The number of amides is 2. The first kappa shape index (κ1) is 31.7. The molecule has 1 atom stereocenters. The minimum atomic E-state index is -0.905. The number of nitrogens with zero attached hydrogens (tertiary/aromatic N) is 6. The Labute approximate surface area is 257 Å². The molecule has 0 saturated heterocycles. The minimum absolute atomic E-state index is 0. The van der Waals surface area contributed by atoms with Crippen molar-refractivity contribution in [2.45, 2.75) is 38.1 Å². The third kappa shape index (κ3) is 7.42. The molecular formula is C31H38ClN9O2. The maximum atomic E-state index is 13.8. The van der Waals surface area contributed by atoms with Gasteiger partial charge in [0.1, 0.15) is 5.82 Å². The van der Waals surface area contributed by atoms with Crippen molar-refractivity contribution in [2.75, 3.05) is 30.4 Å². The van der Waals surface area contributed by atoms with Crippen molar-refractivity contribution in [1.29, 1.82) is 0 Å². The number of aromatic nitrogens is 5.